The number of sulfonamides is 1. The first-order valence-electron chi connectivity index (χ1n) is 9.20. The molecule has 0 saturated carbocycles. The van der Waals surface area contributed by atoms with E-state index in [1.54, 1.807) is 0 Å². The van der Waals surface area contributed by atoms with Gasteiger partial charge in [-0.25, -0.2) is 12.7 Å². The van der Waals surface area contributed by atoms with Crippen molar-refractivity contribution >= 4 is 33.2 Å². The van der Waals surface area contributed by atoms with Crippen molar-refractivity contribution in [3.8, 4) is 0 Å². The lowest BCUT2D eigenvalue weighted by atomic mass is 9.95. The van der Waals surface area contributed by atoms with Gasteiger partial charge in [-0.2, -0.15) is 26.3 Å². The van der Waals surface area contributed by atoms with E-state index >= 15 is 0 Å². The third-order valence-corrected chi connectivity index (χ3v) is 6.79. The fraction of sp³-hybridized carbons (Fsp3) is 0.300. The summed E-state index contributed by atoms with van der Waals surface area (Å²) < 4.78 is 103. The van der Waals surface area contributed by atoms with E-state index in [2.05, 4.69) is 0 Å². The van der Waals surface area contributed by atoms with Gasteiger partial charge in [0, 0.05) is 11.3 Å². The van der Waals surface area contributed by atoms with Crippen molar-refractivity contribution in [3.63, 3.8) is 0 Å². The maximum Gasteiger partial charge on any atom is 0.416 e. The quantitative estimate of drug-likeness (QED) is 0.629. The molecule has 178 valence electrons. The first kappa shape index (κ1) is 24.6. The Hall–Kier alpha value is -3.09. The lowest BCUT2D eigenvalue weighted by Gasteiger charge is -2.18. The first-order valence-corrected chi connectivity index (χ1v) is 10.8. The molecule has 33 heavy (non-hydrogen) atoms. The fourth-order valence-corrected chi connectivity index (χ4v) is 5.36. The molecule has 1 aliphatic heterocycles. The largest absolute Gasteiger partial charge is 0.416 e. The zero-order valence-corrected chi connectivity index (χ0v) is 17.8. The summed E-state index contributed by atoms with van der Waals surface area (Å²) in [7, 11) is -4.04. The van der Waals surface area contributed by atoms with Crippen molar-refractivity contribution < 1.29 is 44.3 Å². The second-order valence-corrected chi connectivity index (χ2v) is 9.83. The highest BCUT2D eigenvalue weighted by Crippen LogP contribution is 2.38. The lowest BCUT2D eigenvalue weighted by Crippen LogP contribution is -2.33. The Kier molecular flexibility index (Phi) is 5.76. The van der Waals surface area contributed by atoms with Crippen molar-refractivity contribution in [2.75, 3.05) is 15.4 Å². The Balaban J connectivity index is 1.96. The number of hydrogen-bond acceptors (Lipinski definition) is 4. The average Bonchev–Trinajstić information content (AvgIpc) is 2.82. The number of amides is 2. The number of benzene rings is 2. The molecule has 2 aromatic carbocycles. The average molecular weight is 494 g/mol. The summed E-state index contributed by atoms with van der Waals surface area (Å²) >= 11 is 0. The van der Waals surface area contributed by atoms with Gasteiger partial charge in [0.05, 0.1) is 28.0 Å². The van der Waals surface area contributed by atoms with E-state index < -0.39 is 62.2 Å². The van der Waals surface area contributed by atoms with E-state index in [1.165, 1.54) is 26.0 Å². The van der Waals surface area contributed by atoms with E-state index in [0.29, 0.717) is 16.4 Å². The van der Waals surface area contributed by atoms with Gasteiger partial charge in [0.1, 0.15) is 0 Å². The molecule has 1 aliphatic rings. The second-order valence-electron chi connectivity index (χ2n) is 8.01. The van der Waals surface area contributed by atoms with Crippen LogP contribution in [0.5, 0.6) is 0 Å². The molecule has 0 bridgehead atoms. The molecule has 3 rings (SSSR count). The minimum Gasteiger partial charge on any atom is -0.322 e. The number of nitrogens with one attached hydrogen (secondary N) is 1. The monoisotopic (exact) mass is 494 g/mol. The van der Waals surface area contributed by atoms with Gasteiger partial charge in [0.15, 0.2) is 0 Å². The van der Waals surface area contributed by atoms with Crippen LogP contribution in [0.1, 0.15) is 35.3 Å². The van der Waals surface area contributed by atoms with Crippen molar-refractivity contribution in [1.29, 1.82) is 0 Å². The number of anilines is 2. The summed E-state index contributed by atoms with van der Waals surface area (Å²) in [6, 6.07) is 5.23. The number of rotatable bonds is 3. The van der Waals surface area contributed by atoms with E-state index in [4.69, 9.17) is 0 Å². The molecule has 1 fully saturated rings. The van der Waals surface area contributed by atoms with E-state index in [0.717, 1.165) is 12.1 Å². The predicted molar refractivity (Wildman–Crippen MR) is 106 cm³/mol. The molecular formula is C20H16F6N2O4S. The third kappa shape index (κ3) is 4.97. The number of carbonyl (C=O) groups is 2. The van der Waals surface area contributed by atoms with Crippen LogP contribution in [0.15, 0.2) is 42.5 Å². The number of halogens is 6. The molecule has 0 unspecified atom stereocenters. The normalized spacial score (nSPS) is 17.8. The molecule has 2 amide bonds. The topological polar surface area (TPSA) is 83.6 Å². The van der Waals surface area contributed by atoms with Crippen LogP contribution in [0.2, 0.25) is 0 Å². The molecule has 0 spiro atoms. The summed E-state index contributed by atoms with van der Waals surface area (Å²) in [6.45, 7) is 2.85. The number of carbonyl (C=O) groups excluding carboxylic acids is 2. The summed E-state index contributed by atoms with van der Waals surface area (Å²) in [5, 5.41) is 1.96. The van der Waals surface area contributed by atoms with Crippen LogP contribution in [0, 0.1) is 5.41 Å². The van der Waals surface area contributed by atoms with Gasteiger partial charge in [-0.05, 0) is 50.2 Å². The predicted octanol–water partition coefficient (Wildman–Crippen LogP) is 4.68. The minimum atomic E-state index is -5.10. The standard InChI is InChI=1S/C20H16F6N2O4S/c1-18(2)10-33(31,32)28(17(18)30)15-5-3-4-11(6-15)16(29)27-14-8-12(19(21,22)23)7-13(9-14)20(24,25)26/h3-9H,10H2,1-2H3,(H,27,29). The number of alkyl halides is 6. The van der Waals surface area contributed by atoms with Gasteiger partial charge in [-0.15, -0.1) is 0 Å². The third-order valence-electron chi connectivity index (χ3n) is 4.77. The lowest BCUT2D eigenvalue weighted by molar-refractivity contribution is -0.143. The second kappa shape index (κ2) is 7.75. The Morgan fingerprint density at radius 2 is 1.52 bits per heavy atom. The van der Waals surface area contributed by atoms with Gasteiger partial charge >= 0.3 is 12.4 Å². The van der Waals surface area contributed by atoms with Gasteiger partial charge in [0.2, 0.25) is 15.9 Å². The molecule has 0 aliphatic carbocycles. The molecule has 1 N–H and O–H groups in total. The van der Waals surface area contributed by atoms with Crippen molar-refractivity contribution in [2.24, 2.45) is 5.41 Å². The van der Waals surface area contributed by atoms with Crippen LogP contribution in [0.4, 0.5) is 37.7 Å². The van der Waals surface area contributed by atoms with Crippen LogP contribution in [-0.4, -0.2) is 26.0 Å². The zero-order valence-electron chi connectivity index (χ0n) is 17.0. The highest BCUT2D eigenvalue weighted by Gasteiger charge is 2.50. The molecule has 6 nitrogen and oxygen atoms in total. The molecule has 2 aromatic rings. The van der Waals surface area contributed by atoms with Crippen LogP contribution in [-0.2, 0) is 27.2 Å². The zero-order chi connectivity index (χ0) is 25.0. The Labute approximate surface area is 184 Å². The van der Waals surface area contributed by atoms with Crippen LogP contribution < -0.4 is 9.62 Å². The summed E-state index contributed by atoms with van der Waals surface area (Å²) in [5.74, 6) is -2.32. The van der Waals surface area contributed by atoms with Gasteiger partial charge in [-0.3, -0.25) is 9.59 Å². The number of nitrogens with zero attached hydrogens (tertiary/aromatic N) is 1. The van der Waals surface area contributed by atoms with Gasteiger partial charge in [0.25, 0.3) is 5.91 Å². The van der Waals surface area contributed by atoms with Crippen molar-refractivity contribution in [1.82, 2.24) is 0 Å². The SMILES string of the molecule is CC1(C)CS(=O)(=O)N(c2cccc(C(=O)Nc3cc(C(F)(F)F)cc(C(F)(F)F)c3)c2)C1=O. The summed E-state index contributed by atoms with van der Waals surface area (Å²) in [6.07, 6.45) is -10.2. The molecule has 0 aromatic heterocycles. The van der Waals surface area contributed by atoms with Crippen LogP contribution in [0.3, 0.4) is 0 Å². The Morgan fingerprint density at radius 3 is 1.97 bits per heavy atom. The highest BCUT2D eigenvalue weighted by atomic mass is 32.2. The van der Waals surface area contributed by atoms with Gasteiger partial charge in [-0.1, -0.05) is 6.07 Å². The molecule has 0 radical (unpaired) electrons. The summed E-state index contributed by atoms with van der Waals surface area (Å²) in [5.41, 5.74) is -5.68. The van der Waals surface area contributed by atoms with E-state index in [-0.39, 0.29) is 17.3 Å². The smallest absolute Gasteiger partial charge is 0.322 e. The Morgan fingerprint density at radius 1 is 0.970 bits per heavy atom. The van der Waals surface area contributed by atoms with Crippen LogP contribution >= 0.6 is 0 Å². The fourth-order valence-electron chi connectivity index (χ4n) is 3.27. The van der Waals surface area contributed by atoms with Gasteiger partial charge < -0.3 is 5.32 Å². The maximum absolute atomic E-state index is 13.0. The molecule has 13 heteroatoms. The number of hydrogen-bond donors (Lipinski definition) is 1. The molecule has 1 saturated heterocycles. The highest BCUT2D eigenvalue weighted by molar-refractivity contribution is 7.94. The Bertz CT molecular complexity index is 1200. The molecule has 0 atom stereocenters. The first-order chi connectivity index (χ1) is 14.9. The maximum atomic E-state index is 13.0. The minimum absolute atomic E-state index is 0.0815. The summed E-state index contributed by atoms with van der Waals surface area (Å²) in [4.78, 5) is 25.1. The van der Waals surface area contributed by atoms with Crippen molar-refractivity contribution in [2.45, 2.75) is 26.2 Å². The van der Waals surface area contributed by atoms with E-state index in [1.807, 2.05) is 5.32 Å². The molecular weight excluding hydrogens is 478 g/mol. The van der Waals surface area contributed by atoms with Crippen molar-refractivity contribution in [3.05, 3.63) is 59.2 Å². The molecule has 1 heterocycles. The van der Waals surface area contributed by atoms with Crippen LogP contribution in [0.25, 0.3) is 0 Å². The van der Waals surface area contributed by atoms with E-state index in [9.17, 15) is 44.3 Å².